The Labute approximate surface area is 110 Å². The van der Waals surface area contributed by atoms with E-state index < -0.39 is 0 Å². The van der Waals surface area contributed by atoms with Crippen LogP contribution >= 0.6 is 22.7 Å². The first-order chi connectivity index (χ1) is 8.17. The normalized spacial score (nSPS) is 11.3. The lowest BCUT2D eigenvalue weighted by molar-refractivity contribution is 0.318. The molecule has 0 aromatic carbocycles. The van der Waals surface area contributed by atoms with E-state index in [1.54, 1.807) is 22.7 Å². The van der Waals surface area contributed by atoms with Crippen molar-refractivity contribution >= 4 is 22.7 Å². The molecule has 2 aromatic rings. The monoisotopic (exact) mass is 267 g/mol. The molecule has 0 amide bonds. The summed E-state index contributed by atoms with van der Waals surface area (Å²) < 4.78 is 0. The Bertz CT molecular complexity index is 476. The van der Waals surface area contributed by atoms with Crippen molar-refractivity contribution < 1.29 is 0 Å². The van der Waals surface area contributed by atoms with Gasteiger partial charge in [-0.2, -0.15) is 0 Å². The van der Waals surface area contributed by atoms with E-state index in [2.05, 4.69) is 34.4 Å². The van der Waals surface area contributed by atoms with Crippen molar-refractivity contribution in [3.8, 4) is 0 Å². The van der Waals surface area contributed by atoms with Crippen LogP contribution in [-0.4, -0.2) is 16.9 Å². The Balaban J connectivity index is 1.90. The maximum atomic E-state index is 5.61. The fourth-order valence-corrected chi connectivity index (χ4v) is 3.28. The highest BCUT2D eigenvalue weighted by atomic mass is 32.1. The Hall–Kier alpha value is -0.750. The molecule has 0 aliphatic rings. The van der Waals surface area contributed by atoms with Crippen LogP contribution in [0, 0.1) is 6.92 Å². The van der Waals surface area contributed by atoms with Crippen LogP contribution < -0.4 is 5.73 Å². The third-order valence-corrected chi connectivity index (χ3v) is 4.36. The summed E-state index contributed by atoms with van der Waals surface area (Å²) in [5, 5.41) is 3.26. The van der Waals surface area contributed by atoms with Gasteiger partial charge in [0.2, 0.25) is 0 Å². The van der Waals surface area contributed by atoms with E-state index in [4.69, 9.17) is 5.73 Å². The maximum absolute atomic E-state index is 5.61. The molecule has 0 atom stereocenters. The molecule has 0 aliphatic heterocycles. The molecular weight excluding hydrogens is 250 g/mol. The molecule has 2 heterocycles. The molecule has 0 fully saturated rings. The van der Waals surface area contributed by atoms with Gasteiger partial charge in [-0.25, -0.2) is 4.98 Å². The van der Waals surface area contributed by atoms with E-state index in [-0.39, 0.29) is 0 Å². The lowest BCUT2D eigenvalue weighted by Gasteiger charge is -2.13. The van der Waals surface area contributed by atoms with Crippen molar-refractivity contribution in [2.75, 3.05) is 7.05 Å². The van der Waals surface area contributed by atoms with Crippen LogP contribution in [0.2, 0.25) is 0 Å². The fraction of sp³-hybridized carbons (Fsp3) is 0.417. The zero-order chi connectivity index (χ0) is 12.3. The minimum absolute atomic E-state index is 0.639. The van der Waals surface area contributed by atoms with Gasteiger partial charge in [-0.3, -0.25) is 4.90 Å². The standard InChI is InChI=1S/C12H17N3S2/c1-9-14-10(8-16-9)6-15(2)7-12-4-3-11(5-13)17-12/h3-4,8H,5-7,13H2,1-2H3. The lowest BCUT2D eigenvalue weighted by Crippen LogP contribution is -2.16. The Morgan fingerprint density at radius 3 is 2.65 bits per heavy atom. The maximum Gasteiger partial charge on any atom is 0.0897 e. The number of hydrogen-bond acceptors (Lipinski definition) is 5. The largest absolute Gasteiger partial charge is 0.326 e. The summed E-state index contributed by atoms with van der Waals surface area (Å²) in [6, 6.07) is 4.27. The highest BCUT2D eigenvalue weighted by Crippen LogP contribution is 2.18. The molecule has 0 aliphatic carbocycles. The van der Waals surface area contributed by atoms with Gasteiger partial charge in [0.25, 0.3) is 0 Å². The van der Waals surface area contributed by atoms with Crippen molar-refractivity contribution in [1.29, 1.82) is 0 Å². The summed E-state index contributed by atoms with van der Waals surface area (Å²) in [4.78, 5) is 9.36. The number of thiophene rings is 1. The van der Waals surface area contributed by atoms with Crippen molar-refractivity contribution in [1.82, 2.24) is 9.88 Å². The van der Waals surface area contributed by atoms with Crippen molar-refractivity contribution in [3.05, 3.63) is 38.0 Å². The molecular formula is C12H17N3S2. The summed E-state index contributed by atoms with van der Waals surface area (Å²) >= 11 is 3.50. The van der Waals surface area contributed by atoms with Gasteiger partial charge in [0.05, 0.1) is 10.7 Å². The molecule has 17 heavy (non-hydrogen) atoms. The van der Waals surface area contributed by atoms with E-state index in [0.29, 0.717) is 6.54 Å². The van der Waals surface area contributed by atoms with Crippen molar-refractivity contribution in [2.24, 2.45) is 5.73 Å². The van der Waals surface area contributed by atoms with Crippen molar-refractivity contribution in [2.45, 2.75) is 26.6 Å². The third-order valence-electron chi connectivity index (χ3n) is 2.44. The first-order valence-electron chi connectivity index (χ1n) is 5.54. The second-order valence-electron chi connectivity index (χ2n) is 4.10. The predicted octanol–water partition coefficient (Wildman–Crippen LogP) is 2.60. The first kappa shape index (κ1) is 12.7. The number of nitrogens with zero attached hydrogens (tertiary/aromatic N) is 2. The number of hydrogen-bond donors (Lipinski definition) is 1. The lowest BCUT2D eigenvalue weighted by atomic mass is 10.4. The van der Waals surface area contributed by atoms with Crippen LogP contribution in [0.25, 0.3) is 0 Å². The topological polar surface area (TPSA) is 42.2 Å². The number of aryl methyl sites for hydroxylation is 1. The van der Waals surface area contributed by atoms with E-state index in [1.807, 2.05) is 6.92 Å². The molecule has 92 valence electrons. The average Bonchev–Trinajstić information content (AvgIpc) is 2.88. The number of nitrogens with two attached hydrogens (primary N) is 1. The average molecular weight is 267 g/mol. The van der Waals surface area contributed by atoms with Crippen LogP contribution in [0.15, 0.2) is 17.5 Å². The number of thiazole rings is 1. The van der Waals surface area contributed by atoms with Gasteiger partial charge in [-0.15, -0.1) is 22.7 Å². The van der Waals surface area contributed by atoms with Crippen molar-refractivity contribution in [3.63, 3.8) is 0 Å². The van der Waals surface area contributed by atoms with Gasteiger partial charge < -0.3 is 5.73 Å². The van der Waals surface area contributed by atoms with Crippen LogP contribution in [0.4, 0.5) is 0 Å². The molecule has 0 spiro atoms. The minimum Gasteiger partial charge on any atom is -0.326 e. The van der Waals surface area contributed by atoms with Crippen LogP contribution in [0.1, 0.15) is 20.5 Å². The van der Waals surface area contributed by atoms with Crippen LogP contribution in [0.3, 0.4) is 0 Å². The molecule has 2 rings (SSSR count). The van der Waals surface area contributed by atoms with E-state index >= 15 is 0 Å². The molecule has 0 saturated carbocycles. The number of rotatable bonds is 5. The predicted molar refractivity (Wildman–Crippen MR) is 74.2 cm³/mol. The Morgan fingerprint density at radius 1 is 1.29 bits per heavy atom. The molecule has 0 radical (unpaired) electrons. The minimum atomic E-state index is 0.639. The highest BCUT2D eigenvalue weighted by Gasteiger charge is 2.06. The molecule has 0 saturated heterocycles. The quantitative estimate of drug-likeness (QED) is 0.905. The van der Waals surface area contributed by atoms with Crippen LogP contribution in [-0.2, 0) is 19.6 Å². The van der Waals surface area contributed by atoms with Gasteiger partial charge >= 0.3 is 0 Å². The van der Waals surface area contributed by atoms with Crippen LogP contribution in [0.5, 0.6) is 0 Å². The van der Waals surface area contributed by atoms with E-state index in [1.165, 1.54) is 9.75 Å². The van der Waals surface area contributed by atoms with E-state index in [9.17, 15) is 0 Å². The van der Waals surface area contributed by atoms with Gasteiger partial charge in [0, 0.05) is 34.8 Å². The summed E-state index contributed by atoms with van der Waals surface area (Å²) in [5.74, 6) is 0. The zero-order valence-corrected chi connectivity index (χ0v) is 11.8. The highest BCUT2D eigenvalue weighted by molar-refractivity contribution is 7.12. The molecule has 0 bridgehead atoms. The first-order valence-corrected chi connectivity index (χ1v) is 7.24. The smallest absolute Gasteiger partial charge is 0.0897 e. The van der Waals surface area contributed by atoms with Gasteiger partial charge in [-0.05, 0) is 26.1 Å². The Kier molecular flexibility index (Phi) is 4.28. The second kappa shape index (κ2) is 5.73. The van der Waals surface area contributed by atoms with Gasteiger partial charge in [0.15, 0.2) is 0 Å². The summed E-state index contributed by atoms with van der Waals surface area (Å²) in [7, 11) is 2.12. The number of aromatic nitrogens is 1. The van der Waals surface area contributed by atoms with Gasteiger partial charge in [0.1, 0.15) is 0 Å². The molecule has 3 nitrogen and oxygen atoms in total. The molecule has 0 unspecified atom stereocenters. The third kappa shape index (κ3) is 3.61. The van der Waals surface area contributed by atoms with Gasteiger partial charge in [-0.1, -0.05) is 0 Å². The second-order valence-corrected chi connectivity index (χ2v) is 6.42. The molecule has 2 aromatic heterocycles. The summed E-state index contributed by atoms with van der Waals surface area (Å²) in [6.45, 7) is 4.54. The SMILES string of the molecule is Cc1nc(CN(C)Cc2ccc(CN)s2)cs1. The Morgan fingerprint density at radius 2 is 2.06 bits per heavy atom. The zero-order valence-electron chi connectivity index (χ0n) is 10.1. The fourth-order valence-electron chi connectivity index (χ4n) is 1.70. The summed E-state index contributed by atoms with van der Waals surface area (Å²) in [6.07, 6.45) is 0. The molecule has 2 N–H and O–H groups in total. The van der Waals surface area contributed by atoms with E-state index in [0.717, 1.165) is 23.8 Å². The molecule has 5 heteroatoms. The summed E-state index contributed by atoms with van der Waals surface area (Å²) in [5.41, 5.74) is 6.77.